The molecular formula is C21H22FN3O2S. The van der Waals surface area contributed by atoms with Crippen molar-refractivity contribution in [2.75, 3.05) is 5.32 Å². The van der Waals surface area contributed by atoms with Gasteiger partial charge in [-0.25, -0.2) is 9.37 Å². The van der Waals surface area contributed by atoms with Crippen molar-refractivity contribution in [3.63, 3.8) is 0 Å². The lowest BCUT2D eigenvalue weighted by atomic mass is 10.1. The summed E-state index contributed by atoms with van der Waals surface area (Å²) in [5, 5.41) is 3.41. The van der Waals surface area contributed by atoms with Gasteiger partial charge in [0.1, 0.15) is 16.5 Å². The smallest absolute Gasteiger partial charge is 0.259 e. The number of benzene rings is 1. The first kappa shape index (κ1) is 18.8. The van der Waals surface area contributed by atoms with Crippen LogP contribution in [-0.4, -0.2) is 15.9 Å². The molecule has 0 radical (unpaired) electrons. The van der Waals surface area contributed by atoms with Gasteiger partial charge in [-0.1, -0.05) is 12.5 Å². The molecule has 2 N–H and O–H groups in total. The second kappa shape index (κ2) is 7.83. The van der Waals surface area contributed by atoms with E-state index in [1.807, 2.05) is 0 Å². The number of aryl methyl sites for hydroxylation is 4. The maximum Gasteiger partial charge on any atom is 0.259 e. The average Bonchev–Trinajstić information content (AvgIpc) is 2.85. The molecule has 1 amide bonds. The Balaban J connectivity index is 1.48. The highest BCUT2D eigenvalue weighted by Crippen LogP contribution is 2.32. The number of nitrogens with one attached hydrogen (secondary N) is 2. The molecule has 4 rings (SSSR count). The monoisotopic (exact) mass is 399 g/mol. The van der Waals surface area contributed by atoms with Crippen LogP contribution in [-0.2, 0) is 24.1 Å². The Bertz CT molecular complexity index is 1100. The molecule has 5 nitrogen and oxygen atoms in total. The molecule has 0 saturated carbocycles. The number of nitrogens with zero attached hydrogens (tertiary/aromatic N) is 1. The summed E-state index contributed by atoms with van der Waals surface area (Å²) < 4.78 is 13.6. The Labute approximate surface area is 166 Å². The van der Waals surface area contributed by atoms with Crippen molar-refractivity contribution in [2.45, 2.75) is 51.9 Å². The van der Waals surface area contributed by atoms with Crippen LogP contribution in [0.5, 0.6) is 0 Å². The second-order valence-corrected chi connectivity index (χ2v) is 8.35. The fourth-order valence-electron chi connectivity index (χ4n) is 3.63. The van der Waals surface area contributed by atoms with Crippen LogP contribution in [0.4, 0.5) is 10.1 Å². The molecule has 7 heteroatoms. The summed E-state index contributed by atoms with van der Waals surface area (Å²) in [5.74, 6) is -0.0844. The largest absolute Gasteiger partial charge is 0.326 e. The zero-order chi connectivity index (χ0) is 19.7. The van der Waals surface area contributed by atoms with Gasteiger partial charge in [-0.3, -0.25) is 9.59 Å². The fourth-order valence-corrected chi connectivity index (χ4v) is 4.91. The number of aromatic nitrogens is 2. The topological polar surface area (TPSA) is 74.8 Å². The molecule has 28 heavy (non-hydrogen) atoms. The number of aromatic amines is 1. The fraction of sp³-hybridized carbons (Fsp3) is 0.381. The summed E-state index contributed by atoms with van der Waals surface area (Å²) in [6.45, 7) is 1.67. The molecule has 1 aliphatic carbocycles. The summed E-state index contributed by atoms with van der Waals surface area (Å²) in [4.78, 5) is 34.3. The maximum atomic E-state index is 13.6. The molecule has 0 unspecified atom stereocenters. The molecule has 0 spiro atoms. The van der Waals surface area contributed by atoms with Gasteiger partial charge in [0.15, 0.2) is 0 Å². The number of hydrogen-bond acceptors (Lipinski definition) is 4. The van der Waals surface area contributed by atoms with Crippen LogP contribution in [0, 0.1) is 12.7 Å². The zero-order valence-electron chi connectivity index (χ0n) is 15.7. The Morgan fingerprint density at radius 1 is 1.29 bits per heavy atom. The van der Waals surface area contributed by atoms with Crippen LogP contribution in [0.15, 0.2) is 23.0 Å². The van der Waals surface area contributed by atoms with E-state index in [0.29, 0.717) is 23.5 Å². The molecule has 146 valence electrons. The van der Waals surface area contributed by atoms with Crippen molar-refractivity contribution >= 4 is 33.1 Å². The van der Waals surface area contributed by atoms with Crippen LogP contribution in [0.25, 0.3) is 10.2 Å². The zero-order valence-corrected chi connectivity index (χ0v) is 16.5. The number of fused-ring (bicyclic) bond motifs is 3. The number of thiophene rings is 1. The molecule has 0 saturated heterocycles. The first-order valence-electron chi connectivity index (χ1n) is 9.60. The minimum Gasteiger partial charge on any atom is -0.326 e. The van der Waals surface area contributed by atoms with Crippen LogP contribution in [0.2, 0.25) is 0 Å². The van der Waals surface area contributed by atoms with Gasteiger partial charge in [0.2, 0.25) is 5.91 Å². The molecule has 0 bridgehead atoms. The van der Waals surface area contributed by atoms with Crippen molar-refractivity contribution in [3.05, 3.63) is 56.2 Å². The molecule has 2 aromatic heterocycles. The van der Waals surface area contributed by atoms with Gasteiger partial charge in [0, 0.05) is 23.4 Å². The number of carbonyl (C=O) groups is 1. The van der Waals surface area contributed by atoms with E-state index < -0.39 is 0 Å². The lowest BCUT2D eigenvalue weighted by molar-refractivity contribution is -0.116. The van der Waals surface area contributed by atoms with Crippen molar-refractivity contribution in [1.82, 2.24) is 9.97 Å². The minimum absolute atomic E-state index is 0.111. The number of carbonyl (C=O) groups excluding carboxylic acids is 1. The van der Waals surface area contributed by atoms with E-state index in [2.05, 4.69) is 15.3 Å². The molecule has 0 atom stereocenters. The summed E-state index contributed by atoms with van der Waals surface area (Å²) in [6, 6.07) is 4.60. The molecule has 2 heterocycles. The number of halogens is 1. The first-order chi connectivity index (χ1) is 13.5. The van der Waals surface area contributed by atoms with E-state index in [9.17, 15) is 14.0 Å². The summed E-state index contributed by atoms with van der Waals surface area (Å²) in [6.07, 6.45) is 5.91. The summed E-state index contributed by atoms with van der Waals surface area (Å²) in [5.41, 5.74) is 2.01. The number of amides is 1. The van der Waals surface area contributed by atoms with Crippen molar-refractivity contribution in [2.24, 2.45) is 0 Å². The molecule has 1 aliphatic rings. The van der Waals surface area contributed by atoms with Gasteiger partial charge < -0.3 is 10.3 Å². The lowest BCUT2D eigenvalue weighted by Gasteiger charge is -2.06. The van der Waals surface area contributed by atoms with Crippen molar-refractivity contribution in [3.8, 4) is 0 Å². The van der Waals surface area contributed by atoms with Crippen LogP contribution in [0.1, 0.15) is 47.5 Å². The predicted molar refractivity (Wildman–Crippen MR) is 110 cm³/mol. The van der Waals surface area contributed by atoms with Gasteiger partial charge in [-0.2, -0.15) is 0 Å². The maximum absolute atomic E-state index is 13.6. The van der Waals surface area contributed by atoms with Crippen molar-refractivity contribution < 1.29 is 9.18 Å². The van der Waals surface area contributed by atoms with Gasteiger partial charge in [-0.05, 0) is 55.9 Å². The Morgan fingerprint density at radius 2 is 2.11 bits per heavy atom. The van der Waals surface area contributed by atoms with Crippen LogP contribution >= 0.6 is 11.3 Å². The van der Waals surface area contributed by atoms with E-state index in [0.717, 1.165) is 41.5 Å². The molecule has 1 aromatic carbocycles. The number of rotatable bonds is 4. The molecule has 0 aliphatic heterocycles. The van der Waals surface area contributed by atoms with E-state index in [1.165, 1.54) is 17.4 Å². The number of hydrogen-bond donors (Lipinski definition) is 2. The third-order valence-electron chi connectivity index (χ3n) is 5.17. The first-order valence-corrected chi connectivity index (χ1v) is 10.4. The standard InChI is InChI=1S/C21H22FN3O2S/c1-12-7-8-13(11-15(12)22)23-18(26)10-9-17-24-20(27)19-14-5-3-2-4-6-16(14)28-21(19)25-17/h7-8,11H,2-6,9-10H2,1H3,(H,23,26)(H,24,25,27). The summed E-state index contributed by atoms with van der Waals surface area (Å²) >= 11 is 1.61. The van der Waals surface area contributed by atoms with Crippen molar-refractivity contribution in [1.29, 1.82) is 0 Å². The van der Waals surface area contributed by atoms with Gasteiger partial charge >= 0.3 is 0 Å². The second-order valence-electron chi connectivity index (χ2n) is 7.27. The van der Waals surface area contributed by atoms with E-state index in [1.54, 1.807) is 30.4 Å². The van der Waals surface area contributed by atoms with Gasteiger partial charge in [0.25, 0.3) is 5.56 Å². The van der Waals surface area contributed by atoms with E-state index >= 15 is 0 Å². The summed E-state index contributed by atoms with van der Waals surface area (Å²) in [7, 11) is 0. The Morgan fingerprint density at radius 3 is 2.93 bits per heavy atom. The Kier molecular flexibility index (Phi) is 5.26. The third kappa shape index (κ3) is 3.85. The van der Waals surface area contributed by atoms with Gasteiger partial charge in [-0.15, -0.1) is 11.3 Å². The van der Waals surface area contributed by atoms with E-state index in [4.69, 9.17) is 0 Å². The lowest BCUT2D eigenvalue weighted by Crippen LogP contribution is -2.16. The highest BCUT2D eigenvalue weighted by Gasteiger charge is 2.19. The average molecular weight is 399 g/mol. The highest BCUT2D eigenvalue weighted by molar-refractivity contribution is 7.18. The quantitative estimate of drug-likeness (QED) is 0.643. The third-order valence-corrected chi connectivity index (χ3v) is 6.35. The van der Waals surface area contributed by atoms with E-state index in [-0.39, 0.29) is 23.7 Å². The van der Waals surface area contributed by atoms with Crippen LogP contribution < -0.4 is 10.9 Å². The predicted octanol–water partition coefficient (Wildman–Crippen LogP) is 4.27. The minimum atomic E-state index is -0.355. The van der Waals surface area contributed by atoms with Crippen LogP contribution in [0.3, 0.4) is 0 Å². The molecule has 3 aromatic rings. The normalized spacial score (nSPS) is 13.9. The Hall–Kier alpha value is -2.54. The highest BCUT2D eigenvalue weighted by atomic mass is 32.1. The molecular weight excluding hydrogens is 377 g/mol. The number of H-pyrrole nitrogens is 1. The van der Waals surface area contributed by atoms with Gasteiger partial charge in [0.05, 0.1) is 5.39 Å². The number of anilines is 1. The SMILES string of the molecule is Cc1ccc(NC(=O)CCc2nc3sc4c(c3c(=O)[nH]2)CCCCC4)cc1F. The molecule has 0 fully saturated rings.